The van der Waals surface area contributed by atoms with Crippen molar-refractivity contribution in [3.63, 3.8) is 0 Å². The fraction of sp³-hybridized carbons (Fsp3) is 0.824. The summed E-state index contributed by atoms with van der Waals surface area (Å²) in [6, 6.07) is 0. The van der Waals surface area contributed by atoms with Crippen LogP contribution in [0.3, 0.4) is 0 Å². The summed E-state index contributed by atoms with van der Waals surface area (Å²) in [5.74, 6) is 0. The third kappa shape index (κ3) is 10.0. The third-order valence-electron chi connectivity index (χ3n) is 3.79. The zero-order valence-corrected chi connectivity index (χ0v) is 13.3. The first-order valence-electron chi connectivity index (χ1n) is 8.60. The second-order valence-corrected chi connectivity index (χ2v) is 5.73. The second kappa shape index (κ2) is 13.2. The first-order chi connectivity index (χ1) is 9.93. The van der Waals surface area contributed by atoms with Gasteiger partial charge >= 0.3 is 0 Å². The average Bonchev–Trinajstić information content (AvgIpc) is 2.97. The molecular weight excluding hydrogens is 246 g/mol. The molecule has 1 heterocycles. The molecule has 116 valence electrons. The number of hydrogen-bond donors (Lipinski definition) is 1. The van der Waals surface area contributed by atoms with Crippen molar-refractivity contribution in [1.29, 1.82) is 0 Å². The van der Waals surface area contributed by atoms with Crippen LogP contribution >= 0.6 is 0 Å². The van der Waals surface area contributed by atoms with Crippen molar-refractivity contribution in [3.05, 3.63) is 18.7 Å². The van der Waals surface area contributed by atoms with E-state index in [4.69, 9.17) is 0 Å². The van der Waals surface area contributed by atoms with Gasteiger partial charge in [-0.25, -0.2) is 4.98 Å². The van der Waals surface area contributed by atoms with Crippen molar-refractivity contribution in [2.75, 3.05) is 13.1 Å². The highest BCUT2D eigenvalue weighted by atomic mass is 15.0. The van der Waals surface area contributed by atoms with E-state index in [2.05, 4.69) is 21.8 Å². The van der Waals surface area contributed by atoms with Gasteiger partial charge in [0.1, 0.15) is 0 Å². The smallest absolute Gasteiger partial charge is 0.0945 e. The Morgan fingerprint density at radius 1 is 0.850 bits per heavy atom. The molecule has 0 aromatic carbocycles. The van der Waals surface area contributed by atoms with E-state index in [1.165, 1.54) is 70.8 Å². The summed E-state index contributed by atoms with van der Waals surface area (Å²) in [4.78, 5) is 4.05. The summed E-state index contributed by atoms with van der Waals surface area (Å²) in [5.41, 5.74) is 0. The highest BCUT2D eigenvalue weighted by molar-refractivity contribution is 4.73. The minimum atomic E-state index is 1.10. The molecule has 0 fully saturated rings. The van der Waals surface area contributed by atoms with E-state index >= 15 is 0 Å². The lowest BCUT2D eigenvalue weighted by Gasteiger charge is -2.05. The van der Waals surface area contributed by atoms with Gasteiger partial charge in [-0.1, -0.05) is 51.9 Å². The molecule has 0 aliphatic heterocycles. The highest BCUT2D eigenvalue weighted by Gasteiger charge is 1.93. The Bertz CT molecular complexity index is 282. The van der Waals surface area contributed by atoms with Gasteiger partial charge in [0.05, 0.1) is 6.33 Å². The number of unbranched alkanes of at least 4 members (excludes halogenated alkanes) is 8. The molecule has 0 aliphatic rings. The van der Waals surface area contributed by atoms with E-state index in [1.807, 2.05) is 18.7 Å². The second-order valence-electron chi connectivity index (χ2n) is 5.73. The van der Waals surface area contributed by atoms with Gasteiger partial charge in [-0.15, -0.1) is 0 Å². The van der Waals surface area contributed by atoms with Crippen LogP contribution in [-0.2, 0) is 6.54 Å². The summed E-state index contributed by atoms with van der Waals surface area (Å²) >= 11 is 0. The first kappa shape index (κ1) is 17.2. The summed E-state index contributed by atoms with van der Waals surface area (Å²) in [6.45, 7) is 5.73. The van der Waals surface area contributed by atoms with Gasteiger partial charge in [0.25, 0.3) is 0 Å². The summed E-state index contributed by atoms with van der Waals surface area (Å²) < 4.78 is 2.15. The lowest BCUT2D eigenvalue weighted by atomic mass is 10.1. The van der Waals surface area contributed by atoms with Gasteiger partial charge in [-0.3, -0.25) is 0 Å². The van der Waals surface area contributed by atoms with Crippen LogP contribution in [0.25, 0.3) is 0 Å². The van der Waals surface area contributed by atoms with Crippen molar-refractivity contribution in [3.8, 4) is 0 Å². The molecular formula is C17H33N3. The van der Waals surface area contributed by atoms with Crippen LogP contribution in [0, 0.1) is 0 Å². The van der Waals surface area contributed by atoms with Crippen molar-refractivity contribution < 1.29 is 0 Å². The molecule has 0 amide bonds. The number of nitrogens with zero attached hydrogens (tertiary/aromatic N) is 2. The molecule has 3 nitrogen and oxygen atoms in total. The Kier molecular flexibility index (Phi) is 11.3. The maximum absolute atomic E-state index is 4.05. The molecule has 1 N–H and O–H groups in total. The van der Waals surface area contributed by atoms with Gasteiger partial charge in [0, 0.05) is 18.9 Å². The summed E-state index contributed by atoms with van der Waals surface area (Å²) in [5, 5.41) is 3.55. The van der Waals surface area contributed by atoms with Gasteiger partial charge in [-0.2, -0.15) is 0 Å². The lowest BCUT2D eigenvalue weighted by molar-refractivity contribution is 0.534. The van der Waals surface area contributed by atoms with Crippen molar-refractivity contribution >= 4 is 0 Å². The van der Waals surface area contributed by atoms with Crippen molar-refractivity contribution in [2.24, 2.45) is 0 Å². The molecule has 0 aliphatic carbocycles. The average molecular weight is 279 g/mol. The Labute approximate surface area is 125 Å². The summed E-state index contributed by atoms with van der Waals surface area (Å²) in [6.07, 6.45) is 19.5. The Hall–Kier alpha value is -0.830. The first-order valence-corrected chi connectivity index (χ1v) is 8.60. The number of imidazole rings is 1. The fourth-order valence-corrected chi connectivity index (χ4v) is 2.47. The molecule has 0 bridgehead atoms. The van der Waals surface area contributed by atoms with Gasteiger partial charge < -0.3 is 9.88 Å². The monoisotopic (exact) mass is 279 g/mol. The third-order valence-corrected chi connectivity index (χ3v) is 3.79. The minimum absolute atomic E-state index is 1.10. The van der Waals surface area contributed by atoms with Crippen LogP contribution in [0.4, 0.5) is 0 Å². The van der Waals surface area contributed by atoms with E-state index in [9.17, 15) is 0 Å². The molecule has 1 rings (SSSR count). The standard InChI is InChI=1S/C17H33N3/c1-2-3-4-5-6-7-8-9-12-18-13-10-11-15-20-16-14-19-17-20/h14,16-18H,2-13,15H2,1H3. The highest BCUT2D eigenvalue weighted by Crippen LogP contribution is 2.07. The zero-order valence-electron chi connectivity index (χ0n) is 13.3. The van der Waals surface area contributed by atoms with E-state index < -0.39 is 0 Å². The largest absolute Gasteiger partial charge is 0.337 e. The molecule has 1 aromatic rings. The van der Waals surface area contributed by atoms with Crippen molar-refractivity contribution in [2.45, 2.75) is 77.7 Å². The minimum Gasteiger partial charge on any atom is -0.337 e. The molecule has 0 radical (unpaired) electrons. The van der Waals surface area contributed by atoms with Crippen LogP contribution in [0.5, 0.6) is 0 Å². The maximum Gasteiger partial charge on any atom is 0.0945 e. The molecule has 20 heavy (non-hydrogen) atoms. The van der Waals surface area contributed by atoms with E-state index in [-0.39, 0.29) is 0 Å². The maximum atomic E-state index is 4.05. The van der Waals surface area contributed by atoms with Crippen LogP contribution in [0.1, 0.15) is 71.1 Å². The van der Waals surface area contributed by atoms with Gasteiger partial charge in [-0.05, 0) is 32.4 Å². The van der Waals surface area contributed by atoms with Crippen LogP contribution in [0.2, 0.25) is 0 Å². The summed E-state index contributed by atoms with van der Waals surface area (Å²) in [7, 11) is 0. The molecule has 0 atom stereocenters. The number of hydrogen-bond acceptors (Lipinski definition) is 2. The number of rotatable bonds is 14. The normalized spacial score (nSPS) is 11.1. The van der Waals surface area contributed by atoms with E-state index in [0.717, 1.165) is 13.1 Å². The van der Waals surface area contributed by atoms with E-state index in [1.54, 1.807) is 0 Å². The Morgan fingerprint density at radius 2 is 1.50 bits per heavy atom. The SMILES string of the molecule is CCCCCCCCCCNCCCCn1ccnc1. The predicted octanol–water partition coefficient (Wildman–Crippen LogP) is 4.39. The molecule has 0 saturated carbocycles. The van der Waals surface area contributed by atoms with Gasteiger partial charge in [0.15, 0.2) is 0 Å². The number of nitrogens with one attached hydrogen (secondary N) is 1. The quantitative estimate of drug-likeness (QED) is 0.512. The van der Waals surface area contributed by atoms with Crippen LogP contribution in [0.15, 0.2) is 18.7 Å². The van der Waals surface area contributed by atoms with Crippen LogP contribution in [-0.4, -0.2) is 22.6 Å². The lowest BCUT2D eigenvalue weighted by Crippen LogP contribution is -2.17. The zero-order chi connectivity index (χ0) is 14.3. The Morgan fingerprint density at radius 3 is 2.15 bits per heavy atom. The predicted molar refractivity (Wildman–Crippen MR) is 86.9 cm³/mol. The van der Waals surface area contributed by atoms with E-state index in [0.29, 0.717) is 0 Å². The number of aromatic nitrogens is 2. The number of aryl methyl sites for hydroxylation is 1. The molecule has 0 unspecified atom stereocenters. The molecule has 0 saturated heterocycles. The topological polar surface area (TPSA) is 29.9 Å². The van der Waals surface area contributed by atoms with Crippen molar-refractivity contribution in [1.82, 2.24) is 14.9 Å². The molecule has 3 heteroatoms. The van der Waals surface area contributed by atoms with Gasteiger partial charge in [0.2, 0.25) is 0 Å². The fourth-order valence-electron chi connectivity index (χ4n) is 2.47. The van der Waals surface area contributed by atoms with Crippen LogP contribution < -0.4 is 5.32 Å². The molecule has 1 aromatic heterocycles. The Balaban J connectivity index is 1.70. The molecule has 0 spiro atoms.